The van der Waals surface area contributed by atoms with Gasteiger partial charge in [0.15, 0.2) is 5.76 Å². The molecule has 0 radical (unpaired) electrons. The Bertz CT molecular complexity index is 1260. The number of fused-ring (bicyclic) bond motifs is 1. The highest BCUT2D eigenvalue weighted by Gasteiger charge is 2.28. The fraction of sp³-hybridized carbons (Fsp3) is 0.407. The molecule has 2 aromatic heterocycles. The molecule has 0 atom stereocenters. The molecule has 0 saturated carbocycles. The van der Waals surface area contributed by atoms with Crippen LogP contribution >= 0.6 is 22.9 Å². The number of methoxy groups -OCH3 is 1. The summed E-state index contributed by atoms with van der Waals surface area (Å²) >= 11 is 7.54. The fourth-order valence-corrected chi connectivity index (χ4v) is 5.89. The summed E-state index contributed by atoms with van der Waals surface area (Å²) in [5, 5.41) is 7.57. The number of piperidine rings is 1. The van der Waals surface area contributed by atoms with Crippen LogP contribution in [0.25, 0.3) is 16.7 Å². The van der Waals surface area contributed by atoms with Crippen molar-refractivity contribution in [2.45, 2.75) is 45.3 Å². The number of ether oxygens (including phenoxy) is 1. The zero-order chi connectivity index (χ0) is 25.2. The van der Waals surface area contributed by atoms with Gasteiger partial charge in [-0.25, -0.2) is 0 Å². The summed E-state index contributed by atoms with van der Waals surface area (Å²) in [6.45, 7) is 7.43. The van der Waals surface area contributed by atoms with E-state index in [9.17, 15) is 4.79 Å². The number of hydrogen-bond acceptors (Lipinski definition) is 7. The Hall–Kier alpha value is -2.81. The molecule has 0 aliphatic carbocycles. The van der Waals surface area contributed by atoms with E-state index in [1.165, 1.54) is 11.3 Å². The molecule has 2 aliphatic heterocycles. The average molecular weight is 527 g/mol. The number of rotatable bonds is 7. The minimum absolute atomic E-state index is 0.0198. The van der Waals surface area contributed by atoms with Gasteiger partial charge in [-0.1, -0.05) is 22.8 Å². The van der Waals surface area contributed by atoms with Gasteiger partial charge in [-0.2, -0.15) is 0 Å². The summed E-state index contributed by atoms with van der Waals surface area (Å²) in [4.78, 5) is 18.9. The van der Waals surface area contributed by atoms with Gasteiger partial charge in [-0.05, 0) is 57.0 Å². The smallest absolute Gasteiger partial charge is 0.249 e. The number of likely N-dealkylation sites (tertiary alicyclic amines) is 1. The fourth-order valence-electron chi connectivity index (χ4n) is 4.90. The van der Waals surface area contributed by atoms with Crippen molar-refractivity contribution in [1.82, 2.24) is 15.4 Å². The SMILES string of the molecule is COc1cccc2c1C=C(C(=O)NC1CCN(C(C)C)CC1)CN2Cc1cc(-c2ccc(Cl)s2)on1. The standard InChI is InChI=1S/C27H31ClN4O3S/c1-17(2)31-11-9-19(10-12-31)29-27(33)18-13-21-22(5-4-6-23(21)34-3)32(15-18)16-20-14-24(35-30-20)25-7-8-26(28)36-25/h4-8,13-14,17,19H,9-12,15-16H2,1-3H3,(H,29,33). The van der Waals surface area contributed by atoms with E-state index in [0.29, 0.717) is 34.8 Å². The number of nitrogens with zero attached hydrogens (tertiary/aromatic N) is 3. The lowest BCUT2D eigenvalue weighted by Crippen LogP contribution is -2.47. The number of anilines is 1. The second-order valence-electron chi connectivity index (χ2n) is 9.58. The first kappa shape index (κ1) is 24.9. The first-order chi connectivity index (χ1) is 17.4. The van der Waals surface area contributed by atoms with Crippen molar-refractivity contribution in [2.24, 2.45) is 0 Å². The molecular weight excluding hydrogens is 496 g/mol. The average Bonchev–Trinajstić information content (AvgIpc) is 3.52. The van der Waals surface area contributed by atoms with Crippen molar-refractivity contribution >= 4 is 40.6 Å². The van der Waals surface area contributed by atoms with E-state index < -0.39 is 0 Å². The molecule has 190 valence electrons. The number of benzene rings is 1. The lowest BCUT2D eigenvalue weighted by atomic mass is 9.99. The predicted molar refractivity (Wildman–Crippen MR) is 145 cm³/mol. The number of amides is 1. The van der Waals surface area contributed by atoms with Gasteiger partial charge in [-0.15, -0.1) is 11.3 Å². The Kier molecular flexibility index (Phi) is 7.37. The summed E-state index contributed by atoms with van der Waals surface area (Å²) in [5.74, 6) is 1.40. The maximum absolute atomic E-state index is 13.4. The summed E-state index contributed by atoms with van der Waals surface area (Å²) in [6.07, 6.45) is 3.90. The molecule has 0 spiro atoms. The van der Waals surface area contributed by atoms with E-state index in [2.05, 4.69) is 34.1 Å². The Morgan fingerprint density at radius 1 is 1.28 bits per heavy atom. The van der Waals surface area contributed by atoms with Gasteiger partial charge in [0.05, 0.1) is 22.9 Å². The van der Waals surface area contributed by atoms with Gasteiger partial charge in [0.25, 0.3) is 0 Å². The third-order valence-corrected chi connectivity index (χ3v) is 8.14. The number of nitrogens with one attached hydrogen (secondary N) is 1. The van der Waals surface area contributed by atoms with Gasteiger partial charge in [0, 0.05) is 54.6 Å². The van der Waals surface area contributed by atoms with Crippen LogP contribution in [0.15, 0.2) is 46.5 Å². The van der Waals surface area contributed by atoms with Crippen LogP contribution in [-0.2, 0) is 11.3 Å². The zero-order valence-corrected chi connectivity index (χ0v) is 22.4. The van der Waals surface area contributed by atoms with Gasteiger partial charge in [-0.3, -0.25) is 4.79 Å². The van der Waals surface area contributed by atoms with E-state index >= 15 is 0 Å². The third kappa shape index (κ3) is 5.31. The van der Waals surface area contributed by atoms with Crippen LogP contribution in [0.5, 0.6) is 5.75 Å². The predicted octanol–water partition coefficient (Wildman–Crippen LogP) is 5.46. The van der Waals surface area contributed by atoms with Crippen LogP contribution in [0.2, 0.25) is 4.34 Å². The molecule has 1 aromatic carbocycles. The van der Waals surface area contributed by atoms with Gasteiger partial charge in [0.2, 0.25) is 5.91 Å². The highest BCUT2D eigenvalue weighted by atomic mass is 35.5. The molecular formula is C27H31ClN4O3S. The lowest BCUT2D eigenvalue weighted by Gasteiger charge is -2.35. The first-order valence-corrected chi connectivity index (χ1v) is 13.5. The maximum atomic E-state index is 13.4. The molecule has 1 N–H and O–H groups in total. The van der Waals surface area contributed by atoms with Crippen LogP contribution in [0, 0.1) is 0 Å². The van der Waals surface area contributed by atoms with Crippen molar-refractivity contribution < 1.29 is 14.1 Å². The second kappa shape index (κ2) is 10.7. The molecule has 0 bridgehead atoms. The minimum Gasteiger partial charge on any atom is -0.496 e. The highest BCUT2D eigenvalue weighted by molar-refractivity contribution is 7.19. The number of hydrogen-bond donors (Lipinski definition) is 1. The highest BCUT2D eigenvalue weighted by Crippen LogP contribution is 2.37. The van der Waals surface area contributed by atoms with Crippen molar-refractivity contribution in [2.75, 3.05) is 31.6 Å². The van der Waals surface area contributed by atoms with Crippen LogP contribution in [0.3, 0.4) is 0 Å². The summed E-state index contributed by atoms with van der Waals surface area (Å²) in [7, 11) is 1.65. The number of halogens is 1. The van der Waals surface area contributed by atoms with E-state index in [4.69, 9.17) is 20.9 Å². The van der Waals surface area contributed by atoms with E-state index in [0.717, 1.165) is 53.5 Å². The number of carbonyl (C=O) groups is 1. The molecule has 1 fully saturated rings. The Balaban J connectivity index is 1.34. The topological polar surface area (TPSA) is 70.8 Å². The van der Waals surface area contributed by atoms with Crippen LogP contribution in [-0.4, -0.2) is 54.8 Å². The zero-order valence-electron chi connectivity index (χ0n) is 20.8. The molecule has 36 heavy (non-hydrogen) atoms. The molecule has 1 saturated heterocycles. The normalized spacial score (nSPS) is 16.7. The Labute approximate surface area is 220 Å². The third-order valence-electron chi connectivity index (χ3n) is 6.90. The molecule has 0 unspecified atom stereocenters. The van der Waals surface area contributed by atoms with E-state index in [-0.39, 0.29) is 11.9 Å². The second-order valence-corrected chi connectivity index (χ2v) is 11.3. The minimum atomic E-state index is -0.0198. The van der Waals surface area contributed by atoms with Gasteiger partial charge >= 0.3 is 0 Å². The molecule has 3 aromatic rings. The molecule has 4 heterocycles. The van der Waals surface area contributed by atoms with E-state index in [1.807, 2.05) is 42.5 Å². The van der Waals surface area contributed by atoms with E-state index in [1.54, 1.807) is 7.11 Å². The van der Waals surface area contributed by atoms with Crippen LogP contribution < -0.4 is 15.0 Å². The van der Waals surface area contributed by atoms with Crippen LogP contribution in [0.1, 0.15) is 37.9 Å². The largest absolute Gasteiger partial charge is 0.496 e. The molecule has 2 aliphatic rings. The molecule has 5 rings (SSSR count). The molecule has 7 nitrogen and oxygen atoms in total. The van der Waals surface area contributed by atoms with Crippen molar-refractivity contribution in [3.63, 3.8) is 0 Å². The summed E-state index contributed by atoms with van der Waals surface area (Å²) in [6, 6.07) is 12.4. The number of aromatic nitrogens is 1. The van der Waals surface area contributed by atoms with Gasteiger partial charge in [0.1, 0.15) is 11.4 Å². The van der Waals surface area contributed by atoms with Gasteiger partial charge < -0.3 is 24.4 Å². The van der Waals surface area contributed by atoms with Crippen molar-refractivity contribution in [3.8, 4) is 16.4 Å². The lowest BCUT2D eigenvalue weighted by molar-refractivity contribution is -0.118. The summed E-state index contributed by atoms with van der Waals surface area (Å²) in [5.41, 5.74) is 3.40. The maximum Gasteiger partial charge on any atom is 0.249 e. The Morgan fingerprint density at radius 3 is 2.78 bits per heavy atom. The van der Waals surface area contributed by atoms with Crippen molar-refractivity contribution in [3.05, 3.63) is 57.6 Å². The van der Waals surface area contributed by atoms with Crippen molar-refractivity contribution in [1.29, 1.82) is 0 Å². The Morgan fingerprint density at radius 2 is 2.08 bits per heavy atom. The first-order valence-electron chi connectivity index (χ1n) is 12.3. The molecule has 9 heteroatoms. The summed E-state index contributed by atoms with van der Waals surface area (Å²) < 4.78 is 11.9. The quantitative estimate of drug-likeness (QED) is 0.441. The van der Waals surface area contributed by atoms with Crippen LogP contribution in [0.4, 0.5) is 5.69 Å². The number of carbonyl (C=O) groups excluding carboxylic acids is 1. The monoisotopic (exact) mass is 526 g/mol. The molecule has 1 amide bonds. The number of thiophene rings is 1.